The summed E-state index contributed by atoms with van der Waals surface area (Å²) in [6.07, 6.45) is 6.43. The number of rotatable bonds is 13. The molecule has 0 bridgehead atoms. The predicted octanol–water partition coefficient (Wildman–Crippen LogP) is 1.77. The molecule has 11 nitrogen and oxygen atoms in total. The zero-order valence-corrected chi connectivity index (χ0v) is 24.4. The molecule has 5 rings (SSSR count). The molecule has 1 aromatic heterocycles. The van der Waals surface area contributed by atoms with Gasteiger partial charge in [0.2, 0.25) is 17.7 Å². The molecule has 2 aromatic rings. The summed E-state index contributed by atoms with van der Waals surface area (Å²) in [5.41, 5.74) is 0.541. The minimum atomic E-state index is -1.00. The van der Waals surface area contributed by atoms with Gasteiger partial charge in [-0.25, -0.2) is 0 Å². The maximum atomic E-state index is 13.8. The van der Waals surface area contributed by atoms with Crippen LogP contribution in [0.3, 0.4) is 0 Å². The van der Waals surface area contributed by atoms with Gasteiger partial charge in [-0.1, -0.05) is 43.9 Å². The van der Waals surface area contributed by atoms with Crippen LogP contribution in [0.5, 0.6) is 0 Å². The molecule has 1 aromatic carbocycles. The number of furan rings is 1. The average Bonchev–Trinajstić information content (AvgIpc) is 3.33. The summed E-state index contributed by atoms with van der Waals surface area (Å²) in [6.45, 7) is 5.50. The fourth-order valence-corrected chi connectivity index (χ4v) is 5.94. The van der Waals surface area contributed by atoms with Crippen LogP contribution in [-0.4, -0.2) is 79.6 Å². The van der Waals surface area contributed by atoms with Crippen molar-refractivity contribution in [2.24, 2.45) is 5.92 Å². The highest BCUT2D eigenvalue weighted by Crippen LogP contribution is 2.33. The zero-order chi connectivity index (χ0) is 29.7. The summed E-state index contributed by atoms with van der Waals surface area (Å²) >= 11 is 0. The molecular formula is C31H42N4O7. The minimum Gasteiger partial charge on any atom is -0.464 e. The molecule has 4 N–H and O–H groups in total. The van der Waals surface area contributed by atoms with E-state index in [2.05, 4.69) is 21.3 Å². The molecule has 1 saturated carbocycles. The highest BCUT2D eigenvalue weighted by Gasteiger charge is 2.50. The number of hydrogen-bond acceptors (Lipinski definition) is 8. The predicted molar refractivity (Wildman–Crippen MR) is 155 cm³/mol. The Morgan fingerprint density at radius 1 is 1.05 bits per heavy atom. The fourth-order valence-electron chi connectivity index (χ4n) is 5.94. The maximum Gasteiger partial charge on any atom is 0.243 e. The van der Waals surface area contributed by atoms with Crippen LogP contribution in [0, 0.1) is 5.92 Å². The number of carbonyl (C=O) groups is 4. The molecule has 0 radical (unpaired) electrons. The Kier molecular flexibility index (Phi) is 9.60. The van der Waals surface area contributed by atoms with Gasteiger partial charge in [-0.3, -0.25) is 19.2 Å². The van der Waals surface area contributed by atoms with E-state index in [0.717, 1.165) is 43.2 Å². The van der Waals surface area contributed by atoms with Crippen molar-refractivity contribution in [1.29, 1.82) is 0 Å². The summed E-state index contributed by atoms with van der Waals surface area (Å²) in [5.74, 6) is -1.06. The Bertz CT molecular complexity index is 1280. The Morgan fingerprint density at radius 2 is 1.79 bits per heavy atom. The first-order valence-electron chi connectivity index (χ1n) is 15.1. The second-order valence-corrected chi connectivity index (χ2v) is 12.0. The van der Waals surface area contributed by atoms with E-state index in [4.69, 9.17) is 13.9 Å². The fraction of sp³-hybridized carbons (Fsp3) is 0.613. The minimum absolute atomic E-state index is 0.126. The van der Waals surface area contributed by atoms with E-state index in [1.165, 1.54) is 0 Å². The van der Waals surface area contributed by atoms with Gasteiger partial charge in [0.25, 0.3) is 0 Å². The van der Waals surface area contributed by atoms with Crippen LogP contribution >= 0.6 is 0 Å². The monoisotopic (exact) mass is 582 g/mol. The topological polar surface area (TPSA) is 151 Å². The number of benzene rings is 1. The van der Waals surface area contributed by atoms with E-state index in [0.29, 0.717) is 37.7 Å². The molecule has 11 heteroatoms. The van der Waals surface area contributed by atoms with Gasteiger partial charge in [-0.15, -0.1) is 0 Å². The van der Waals surface area contributed by atoms with Crippen LogP contribution < -0.4 is 21.3 Å². The van der Waals surface area contributed by atoms with Crippen LogP contribution in [0.2, 0.25) is 0 Å². The van der Waals surface area contributed by atoms with Crippen LogP contribution in [0.4, 0.5) is 0 Å². The lowest BCUT2D eigenvalue weighted by Crippen LogP contribution is -2.57. The number of para-hydroxylation sites is 1. The molecule has 3 fully saturated rings. The first-order valence-corrected chi connectivity index (χ1v) is 15.1. The summed E-state index contributed by atoms with van der Waals surface area (Å²) in [4.78, 5) is 53.1. The first-order chi connectivity index (χ1) is 20.2. The van der Waals surface area contributed by atoms with Gasteiger partial charge in [0.05, 0.1) is 38.0 Å². The van der Waals surface area contributed by atoms with E-state index in [9.17, 15) is 19.2 Å². The molecule has 2 saturated heterocycles. The maximum absolute atomic E-state index is 13.8. The van der Waals surface area contributed by atoms with Crippen LogP contribution in [0.15, 0.2) is 34.9 Å². The molecule has 0 spiro atoms. The molecule has 3 amide bonds. The van der Waals surface area contributed by atoms with E-state index in [-0.39, 0.29) is 30.6 Å². The molecular weight excluding hydrogens is 540 g/mol. The molecule has 1 aliphatic carbocycles. The highest BCUT2D eigenvalue weighted by atomic mass is 16.6. The number of ether oxygens (including phenoxy) is 2. The molecule has 1 unspecified atom stereocenters. The largest absolute Gasteiger partial charge is 0.464 e. The zero-order valence-electron chi connectivity index (χ0n) is 24.4. The third-order valence-corrected chi connectivity index (χ3v) is 8.58. The van der Waals surface area contributed by atoms with Crippen molar-refractivity contribution < 1.29 is 33.1 Å². The van der Waals surface area contributed by atoms with Crippen molar-refractivity contribution in [3.05, 3.63) is 36.1 Å². The number of morpholine rings is 1. The lowest BCUT2D eigenvalue weighted by molar-refractivity contribution is -0.134. The lowest BCUT2D eigenvalue weighted by Gasteiger charge is -2.27. The van der Waals surface area contributed by atoms with Gasteiger partial charge in [0.1, 0.15) is 23.3 Å². The van der Waals surface area contributed by atoms with E-state index >= 15 is 0 Å². The molecule has 2 aliphatic heterocycles. The Hall–Kier alpha value is -3.28. The number of epoxide rings is 1. The van der Waals surface area contributed by atoms with Gasteiger partial charge in [-0.05, 0) is 32.3 Å². The molecule has 5 atom stereocenters. The quantitative estimate of drug-likeness (QED) is 0.261. The number of carbonyl (C=O) groups excluding carboxylic acids is 4. The van der Waals surface area contributed by atoms with E-state index in [1.54, 1.807) is 20.1 Å². The van der Waals surface area contributed by atoms with Gasteiger partial charge in [0, 0.05) is 30.5 Å². The number of hydrogen-bond donors (Lipinski definition) is 4. The normalized spacial score (nSPS) is 24.5. The van der Waals surface area contributed by atoms with E-state index < -0.39 is 35.5 Å². The summed E-state index contributed by atoms with van der Waals surface area (Å²) in [6, 6.07) is 4.87. The van der Waals surface area contributed by atoms with Crippen LogP contribution in [0.25, 0.3) is 11.0 Å². The van der Waals surface area contributed by atoms with Gasteiger partial charge < -0.3 is 35.2 Å². The summed E-state index contributed by atoms with van der Waals surface area (Å²) < 4.78 is 16.7. The van der Waals surface area contributed by atoms with Gasteiger partial charge in [-0.2, -0.15) is 0 Å². The highest BCUT2D eigenvalue weighted by molar-refractivity contribution is 5.98. The van der Waals surface area contributed by atoms with Crippen LogP contribution in [-0.2, 0) is 35.1 Å². The first kappa shape index (κ1) is 30.2. The van der Waals surface area contributed by atoms with Gasteiger partial charge >= 0.3 is 0 Å². The van der Waals surface area contributed by atoms with E-state index in [1.807, 2.05) is 24.3 Å². The third kappa shape index (κ3) is 7.56. The number of nitrogens with one attached hydrogen (secondary N) is 4. The Morgan fingerprint density at radius 3 is 2.50 bits per heavy atom. The molecule has 3 aliphatic rings. The number of fused-ring (bicyclic) bond motifs is 1. The van der Waals surface area contributed by atoms with Crippen molar-refractivity contribution >= 4 is 34.5 Å². The number of Topliss-reactive ketones (excluding diaryl/α,β-unsaturated/α-hetero) is 1. The molecule has 3 heterocycles. The van der Waals surface area contributed by atoms with Crippen molar-refractivity contribution in [1.82, 2.24) is 21.3 Å². The second-order valence-electron chi connectivity index (χ2n) is 12.0. The van der Waals surface area contributed by atoms with Crippen molar-refractivity contribution in [3.8, 4) is 0 Å². The van der Waals surface area contributed by atoms with Crippen LogP contribution in [0.1, 0.15) is 57.9 Å². The standard InChI is InChI=1S/C31H42N4O7/c1-19(33-27(36)15-22-16-32-11-12-40-22)29(38)35-25(14-21-17-41-26-10-6-5-9-23(21)26)30(39)34-24(13-20-7-3-4-8-20)28(37)31(2)18-42-31/h5-6,9-10,17,19-20,22,24-25,32H,3-4,7-8,11-16,18H2,1-2H3,(H,33,36)(H,34,39)(H,35,38)/t19-,22?,24-,25-,31+/m0/s1. The molecule has 42 heavy (non-hydrogen) atoms. The number of ketones is 1. The molecule has 228 valence electrons. The van der Waals surface area contributed by atoms with Gasteiger partial charge in [0.15, 0.2) is 5.78 Å². The smallest absolute Gasteiger partial charge is 0.243 e. The third-order valence-electron chi connectivity index (χ3n) is 8.58. The van der Waals surface area contributed by atoms with Crippen molar-refractivity contribution in [3.63, 3.8) is 0 Å². The Balaban J connectivity index is 1.29. The average molecular weight is 583 g/mol. The lowest BCUT2D eigenvalue weighted by atomic mass is 9.90. The summed E-state index contributed by atoms with van der Waals surface area (Å²) in [5, 5.41) is 12.5. The van der Waals surface area contributed by atoms with Crippen molar-refractivity contribution in [2.75, 3.05) is 26.3 Å². The summed E-state index contributed by atoms with van der Waals surface area (Å²) in [7, 11) is 0. The second kappa shape index (κ2) is 13.4. The Labute approximate surface area is 245 Å². The van der Waals surface area contributed by atoms with Crippen molar-refractivity contribution in [2.45, 2.75) is 88.6 Å². The number of amides is 3. The SMILES string of the molecule is C[C@H](NC(=O)CC1CNCCO1)C(=O)N[C@@H](Cc1coc2ccccc12)C(=O)N[C@@H](CC1CCCC1)C(=O)[C@@]1(C)CO1.